The minimum atomic E-state index is -1.05. The molecule has 2 aliphatic heterocycles. The number of amides is 1. The molecule has 0 radical (unpaired) electrons. The Balaban J connectivity index is 1.64. The topological polar surface area (TPSA) is 121 Å². The molecule has 9 nitrogen and oxygen atoms in total. The van der Waals surface area contributed by atoms with E-state index < -0.39 is 24.1 Å². The molecule has 33 heavy (non-hydrogen) atoms. The average molecular weight is 480 g/mol. The third-order valence-electron chi connectivity index (χ3n) is 5.60. The highest BCUT2D eigenvalue weighted by atomic mass is 32.2. The maximum Gasteiger partial charge on any atom is 0.275 e. The first-order valence-corrected chi connectivity index (χ1v) is 11.1. The Morgan fingerprint density at radius 1 is 1.39 bits per heavy atom. The highest BCUT2D eigenvalue weighted by Crippen LogP contribution is 2.48. The van der Waals surface area contributed by atoms with Gasteiger partial charge >= 0.3 is 0 Å². The van der Waals surface area contributed by atoms with Gasteiger partial charge in [0.15, 0.2) is 5.17 Å². The number of nitrogens with one attached hydrogen (secondary N) is 1. The lowest BCUT2D eigenvalue weighted by atomic mass is 9.73. The average Bonchev–Trinajstić information content (AvgIpc) is 2.81. The van der Waals surface area contributed by atoms with Gasteiger partial charge in [-0.25, -0.2) is 18.7 Å². The molecule has 0 spiro atoms. The molecule has 1 aromatic carbocycles. The summed E-state index contributed by atoms with van der Waals surface area (Å²) in [6.07, 6.45) is 2.42. The first kappa shape index (κ1) is 23.3. The molecule has 4 rings (SSSR count). The molecular weight excluding hydrogens is 456 g/mol. The molecule has 3 heterocycles. The lowest BCUT2D eigenvalue weighted by molar-refractivity contribution is -0.0812. The zero-order valence-corrected chi connectivity index (χ0v) is 18.6. The van der Waals surface area contributed by atoms with Crippen LogP contribution in [0, 0.1) is 11.7 Å². The second-order valence-corrected chi connectivity index (χ2v) is 8.68. The maximum atomic E-state index is 15.2. The fraction of sp³-hybridized carbons (Fsp3) is 0.429. The smallest absolute Gasteiger partial charge is 0.275 e. The molecule has 176 valence electrons. The molecule has 0 bridgehead atoms. The SMILES string of the molecule is COC[C@H]1CC2(c3cc(NC(=O)c4cnc(OCF)cn4)ccc3F)N=C(N)SC[C@@H]2CO1. The van der Waals surface area contributed by atoms with Gasteiger partial charge in [0.1, 0.15) is 11.5 Å². The Hall–Kier alpha value is -2.83. The number of thioether (sulfide) groups is 1. The van der Waals surface area contributed by atoms with Gasteiger partial charge in [-0.3, -0.25) is 9.79 Å². The van der Waals surface area contributed by atoms with E-state index in [0.29, 0.717) is 41.8 Å². The number of hydrogen-bond donors (Lipinski definition) is 2. The number of rotatable bonds is 7. The molecule has 3 N–H and O–H groups in total. The normalized spacial score (nSPS) is 24.5. The number of aromatic nitrogens is 2. The number of alkyl halides is 1. The Kier molecular flexibility index (Phi) is 7.05. The Morgan fingerprint density at radius 3 is 2.97 bits per heavy atom. The molecule has 1 amide bonds. The molecule has 12 heteroatoms. The fourth-order valence-corrected chi connectivity index (χ4v) is 5.05. The van der Waals surface area contributed by atoms with Crippen LogP contribution < -0.4 is 15.8 Å². The van der Waals surface area contributed by atoms with Crippen molar-refractivity contribution in [2.24, 2.45) is 16.6 Å². The van der Waals surface area contributed by atoms with E-state index in [0.717, 1.165) is 12.4 Å². The predicted molar refractivity (Wildman–Crippen MR) is 118 cm³/mol. The summed E-state index contributed by atoms with van der Waals surface area (Å²) in [4.78, 5) is 25.1. The van der Waals surface area contributed by atoms with Crippen LogP contribution in [-0.2, 0) is 15.0 Å². The van der Waals surface area contributed by atoms with Crippen LogP contribution in [0.25, 0.3) is 0 Å². The molecule has 1 saturated heterocycles. The number of hydrogen-bond acceptors (Lipinski definition) is 9. The van der Waals surface area contributed by atoms with Crippen molar-refractivity contribution in [3.63, 3.8) is 0 Å². The molecule has 3 atom stereocenters. The number of anilines is 1. The Morgan fingerprint density at radius 2 is 2.24 bits per heavy atom. The summed E-state index contributed by atoms with van der Waals surface area (Å²) in [5.74, 6) is -0.524. The number of nitrogens with two attached hydrogens (primary N) is 1. The third kappa shape index (κ3) is 4.92. The van der Waals surface area contributed by atoms with Gasteiger partial charge in [0.05, 0.1) is 37.3 Å². The molecule has 1 fully saturated rings. The molecule has 1 aromatic heterocycles. The van der Waals surface area contributed by atoms with Gasteiger partial charge in [0.2, 0.25) is 12.7 Å². The standard InChI is InChI=1S/C21H23F2N5O4S/c1-30-9-14-5-21(12(8-31-14)10-33-20(24)28-21)15-4-13(2-3-16(15)23)27-19(29)17-6-26-18(7-25-17)32-11-22/h2-4,6-7,12,14H,5,8-11H2,1H3,(H2,24,28)(H,27,29)/t12-,14+,21?/m0/s1. The molecule has 0 saturated carbocycles. The molecule has 1 unspecified atom stereocenters. The zero-order valence-electron chi connectivity index (χ0n) is 17.8. The van der Waals surface area contributed by atoms with Gasteiger partial charge in [-0.2, -0.15) is 0 Å². The number of carbonyl (C=O) groups is 1. The van der Waals surface area contributed by atoms with Crippen LogP contribution in [-0.4, -0.2) is 60.1 Å². The van der Waals surface area contributed by atoms with Crippen molar-refractivity contribution in [3.05, 3.63) is 47.7 Å². The minimum Gasteiger partial charge on any atom is -0.445 e. The molecule has 2 aromatic rings. The van der Waals surface area contributed by atoms with Crippen molar-refractivity contribution in [1.29, 1.82) is 0 Å². The van der Waals surface area contributed by atoms with Crippen LogP contribution in [0.1, 0.15) is 22.5 Å². The number of fused-ring (bicyclic) bond motifs is 1. The van der Waals surface area contributed by atoms with Gasteiger partial charge < -0.3 is 25.3 Å². The molecular formula is C21H23F2N5O4S. The number of nitrogens with zero attached hydrogens (tertiary/aromatic N) is 3. The molecule has 2 aliphatic rings. The van der Waals surface area contributed by atoms with Gasteiger partial charge in [0, 0.05) is 36.5 Å². The summed E-state index contributed by atoms with van der Waals surface area (Å²) in [5, 5.41) is 3.07. The zero-order chi connectivity index (χ0) is 23.4. The first-order valence-electron chi connectivity index (χ1n) is 10.2. The van der Waals surface area contributed by atoms with Crippen molar-refractivity contribution in [2.75, 3.05) is 38.3 Å². The quantitative estimate of drug-likeness (QED) is 0.621. The van der Waals surface area contributed by atoms with Crippen molar-refractivity contribution in [2.45, 2.75) is 18.1 Å². The van der Waals surface area contributed by atoms with Crippen LogP contribution in [0.3, 0.4) is 0 Å². The van der Waals surface area contributed by atoms with Crippen LogP contribution in [0.4, 0.5) is 14.5 Å². The van der Waals surface area contributed by atoms with Crippen LogP contribution in [0.5, 0.6) is 5.88 Å². The number of aliphatic imine (C=N–C) groups is 1. The van der Waals surface area contributed by atoms with Gasteiger partial charge in [-0.1, -0.05) is 11.8 Å². The van der Waals surface area contributed by atoms with Crippen molar-refractivity contribution in [3.8, 4) is 5.88 Å². The maximum absolute atomic E-state index is 15.2. The van der Waals surface area contributed by atoms with Crippen molar-refractivity contribution < 1.29 is 27.8 Å². The number of halogens is 2. The van der Waals surface area contributed by atoms with Gasteiger partial charge in [-0.15, -0.1) is 0 Å². The van der Waals surface area contributed by atoms with Gasteiger partial charge in [-0.05, 0) is 18.2 Å². The minimum absolute atomic E-state index is 0.00863. The van der Waals surface area contributed by atoms with E-state index in [9.17, 15) is 9.18 Å². The second kappa shape index (κ2) is 9.98. The second-order valence-electron chi connectivity index (χ2n) is 7.64. The number of ether oxygens (including phenoxy) is 3. The van der Waals surface area contributed by atoms with Crippen molar-refractivity contribution in [1.82, 2.24) is 9.97 Å². The van der Waals surface area contributed by atoms with E-state index in [1.807, 2.05) is 0 Å². The Labute approximate surface area is 193 Å². The number of benzene rings is 1. The van der Waals surface area contributed by atoms with E-state index in [4.69, 9.17) is 20.2 Å². The van der Waals surface area contributed by atoms with Crippen molar-refractivity contribution >= 4 is 28.5 Å². The fourth-order valence-electron chi connectivity index (χ4n) is 4.08. The third-order valence-corrected chi connectivity index (χ3v) is 6.55. The first-order chi connectivity index (χ1) is 15.9. The van der Waals surface area contributed by atoms with Crippen LogP contribution in [0.2, 0.25) is 0 Å². The van der Waals surface area contributed by atoms with Crippen LogP contribution >= 0.6 is 11.8 Å². The van der Waals surface area contributed by atoms with E-state index >= 15 is 4.39 Å². The Bertz CT molecular complexity index is 1040. The summed E-state index contributed by atoms with van der Waals surface area (Å²) in [7, 11) is 1.58. The number of amidine groups is 1. The summed E-state index contributed by atoms with van der Waals surface area (Å²) >= 11 is 1.41. The highest BCUT2D eigenvalue weighted by Gasteiger charge is 2.49. The van der Waals surface area contributed by atoms with Crippen LogP contribution in [0.15, 0.2) is 35.6 Å². The largest absolute Gasteiger partial charge is 0.445 e. The predicted octanol–water partition coefficient (Wildman–Crippen LogP) is 2.48. The monoisotopic (exact) mass is 479 g/mol. The van der Waals surface area contributed by atoms with E-state index in [1.54, 1.807) is 13.2 Å². The summed E-state index contributed by atoms with van der Waals surface area (Å²) < 4.78 is 43.1. The number of carbonyl (C=O) groups excluding carboxylic acids is 1. The van der Waals surface area contributed by atoms with E-state index in [-0.39, 0.29) is 23.6 Å². The van der Waals surface area contributed by atoms with E-state index in [1.165, 1.54) is 23.9 Å². The van der Waals surface area contributed by atoms with Gasteiger partial charge in [0.25, 0.3) is 5.91 Å². The summed E-state index contributed by atoms with van der Waals surface area (Å²) in [6.45, 7) is -0.324. The van der Waals surface area contributed by atoms with E-state index in [2.05, 4.69) is 20.0 Å². The highest BCUT2D eigenvalue weighted by molar-refractivity contribution is 8.13. The molecule has 0 aliphatic carbocycles. The summed E-state index contributed by atoms with van der Waals surface area (Å²) in [6, 6.07) is 4.30. The lowest BCUT2D eigenvalue weighted by Crippen LogP contribution is -2.50. The number of methoxy groups -OCH3 is 1. The lowest BCUT2D eigenvalue weighted by Gasteiger charge is -2.46. The summed E-state index contributed by atoms with van der Waals surface area (Å²) in [5.41, 5.74) is 5.80.